The Morgan fingerprint density at radius 2 is 1.42 bits per heavy atom. The maximum absolute atomic E-state index is 12.9. The van der Waals surface area contributed by atoms with Gasteiger partial charge in [-0.1, -0.05) is 26.0 Å². The fourth-order valence-electron chi connectivity index (χ4n) is 2.80. The summed E-state index contributed by atoms with van der Waals surface area (Å²) >= 11 is 0. The quantitative estimate of drug-likeness (QED) is 0.167. The van der Waals surface area contributed by atoms with Gasteiger partial charge >= 0.3 is 5.97 Å². The van der Waals surface area contributed by atoms with Crippen molar-refractivity contribution < 1.29 is 39.6 Å². The van der Waals surface area contributed by atoms with E-state index >= 15 is 0 Å². The van der Waals surface area contributed by atoms with Gasteiger partial charge in [0.15, 0.2) is 0 Å². The van der Waals surface area contributed by atoms with Crippen LogP contribution in [0.3, 0.4) is 0 Å². The first-order valence-electron chi connectivity index (χ1n) is 10.3. The van der Waals surface area contributed by atoms with Crippen LogP contribution in [0.15, 0.2) is 24.3 Å². The molecule has 0 spiro atoms. The van der Waals surface area contributed by atoms with Gasteiger partial charge in [-0.3, -0.25) is 14.4 Å². The van der Waals surface area contributed by atoms with Crippen LogP contribution in [0.4, 0.5) is 0 Å². The van der Waals surface area contributed by atoms with Gasteiger partial charge in [0.25, 0.3) is 0 Å². The number of carboxylic acid groups (broad SMARTS) is 1. The lowest BCUT2D eigenvalue weighted by atomic mass is 10.0. The van der Waals surface area contributed by atoms with Crippen LogP contribution in [0.2, 0.25) is 0 Å². The van der Waals surface area contributed by atoms with E-state index in [-0.39, 0.29) is 12.2 Å². The van der Waals surface area contributed by atoms with Gasteiger partial charge < -0.3 is 42.1 Å². The number of phenols is 1. The van der Waals surface area contributed by atoms with Crippen molar-refractivity contribution in [2.24, 2.45) is 11.7 Å². The molecule has 0 aliphatic heterocycles. The Balaban J connectivity index is 3.07. The summed E-state index contributed by atoms with van der Waals surface area (Å²) in [6.07, 6.45) is -1.27. The number of aromatic hydroxyl groups is 1. The highest BCUT2D eigenvalue weighted by Crippen LogP contribution is 2.12. The number of carbonyl (C=O) groups excluding carboxylic acids is 3. The van der Waals surface area contributed by atoms with Gasteiger partial charge in [0.2, 0.25) is 17.7 Å². The Hall–Kier alpha value is -3.22. The second-order valence-corrected chi connectivity index (χ2v) is 8.01. The van der Waals surface area contributed by atoms with E-state index in [1.54, 1.807) is 13.8 Å². The van der Waals surface area contributed by atoms with Crippen molar-refractivity contribution in [3.05, 3.63) is 29.8 Å². The third-order valence-electron chi connectivity index (χ3n) is 4.88. The molecule has 1 aromatic rings. The largest absolute Gasteiger partial charge is 0.508 e. The molecule has 9 N–H and O–H groups in total. The van der Waals surface area contributed by atoms with Crippen molar-refractivity contribution in [2.45, 2.75) is 57.5 Å². The lowest BCUT2D eigenvalue weighted by Crippen LogP contribution is -2.59. The van der Waals surface area contributed by atoms with E-state index in [4.69, 9.17) is 5.73 Å². The number of nitrogens with two attached hydrogens (primary N) is 1. The third-order valence-corrected chi connectivity index (χ3v) is 4.88. The highest BCUT2D eigenvalue weighted by atomic mass is 16.4. The molecule has 0 fully saturated rings. The number of amides is 3. The zero-order valence-electron chi connectivity index (χ0n) is 18.7. The standard InChI is InChI=1S/C21H32N4O8/c1-10(2)17(21(32)33)25-18(29)14(8-12-4-6-13(28)7-5-12)23-19(30)15(9-26)24-20(31)16(22)11(3)27/h4-7,10-11,14-17,26-28H,8-9,22H2,1-3H3,(H,23,30)(H,24,31)(H,25,29)(H,32,33). The number of nitrogens with one attached hydrogen (secondary N) is 3. The zero-order valence-corrected chi connectivity index (χ0v) is 18.7. The van der Waals surface area contributed by atoms with Gasteiger partial charge in [-0.05, 0) is 30.5 Å². The van der Waals surface area contributed by atoms with Crippen LogP contribution in [0, 0.1) is 5.92 Å². The Bertz CT molecular complexity index is 828. The van der Waals surface area contributed by atoms with E-state index in [2.05, 4.69) is 16.0 Å². The maximum atomic E-state index is 12.9. The van der Waals surface area contributed by atoms with Crippen molar-refractivity contribution in [1.82, 2.24) is 16.0 Å². The van der Waals surface area contributed by atoms with Gasteiger partial charge in [-0.15, -0.1) is 0 Å². The van der Waals surface area contributed by atoms with Crippen molar-refractivity contribution >= 4 is 23.7 Å². The molecule has 1 rings (SSSR count). The fraction of sp³-hybridized carbons (Fsp3) is 0.524. The topological polar surface area (TPSA) is 211 Å². The van der Waals surface area contributed by atoms with E-state index in [0.717, 1.165) is 0 Å². The number of carboxylic acids is 1. The van der Waals surface area contributed by atoms with Crippen LogP contribution < -0.4 is 21.7 Å². The number of phenolic OH excluding ortho intramolecular Hbond substituents is 1. The first kappa shape index (κ1) is 27.8. The zero-order chi connectivity index (χ0) is 25.3. The molecule has 0 saturated heterocycles. The number of carbonyl (C=O) groups is 4. The minimum Gasteiger partial charge on any atom is -0.508 e. The monoisotopic (exact) mass is 468 g/mol. The summed E-state index contributed by atoms with van der Waals surface area (Å²) < 4.78 is 0. The van der Waals surface area contributed by atoms with Crippen LogP contribution in [0.5, 0.6) is 5.75 Å². The lowest BCUT2D eigenvalue weighted by Gasteiger charge is -2.25. The molecule has 3 amide bonds. The van der Waals surface area contributed by atoms with E-state index in [9.17, 15) is 39.6 Å². The highest BCUT2D eigenvalue weighted by Gasteiger charge is 2.31. The molecule has 12 nitrogen and oxygen atoms in total. The normalized spacial score (nSPS) is 15.6. The average Bonchev–Trinajstić information content (AvgIpc) is 2.75. The van der Waals surface area contributed by atoms with Crippen molar-refractivity contribution in [2.75, 3.05) is 6.61 Å². The van der Waals surface area contributed by atoms with Crippen LogP contribution in [-0.2, 0) is 25.6 Å². The molecule has 5 unspecified atom stereocenters. The number of hydrogen-bond donors (Lipinski definition) is 8. The lowest BCUT2D eigenvalue weighted by molar-refractivity contribution is -0.143. The number of aliphatic hydroxyl groups excluding tert-OH is 2. The van der Waals surface area contributed by atoms with Crippen molar-refractivity contribution in [3.8, 4) is 5.75 Å². The average molecular weight is 469 g/mol. The van der Waals surface area contributed by atoms with Crippen molar-refractivity contribution in [3.63, 3.8) is 0 Å². The second kappa shape index (κ2) is 12.7. The second-order valence-electron chi connectivity index (χ2n) is 8.01. The molecule has 12 heteroatoms. The fourth-order valence-corrected chi connectivity index (χ4v) is 2.80. The molecule has 184 valence electrons. The molecule has 0 bridgehead atoms. The summed E-state index contributed by atoms with van der Waals surface area (Å²) in [7, 11) is 0. The summed E-state index contributed by atoms with van der Waals surface area (Å²) in [6, 6.07) is 0.511. The van der Waals surface area contributed by atoms with E-state index in [0.29, 0.717) is 5.56 Å². The summed E-state index contributed by atoms with van der Waals surface area (Å²) in [5.74, 6) is -4.29. The smallest absolute Gasteiger partial charge is 0.326 e. The molecule has 0 radical (unpaired) electrons. The molecule has 0 aromatic heterocycles. The van der Waals surface area contributed by atoms with Gasteiger partial charge in [-0.2, -0.15) is 0 Å². The molecule has 0 saturated carbocycles. The Labute approximate surface area is 191 Å². The maximum Gasteiger partial charge on any atom is 0.326 e. The molecule has 0 heterocycles. The minimum atomic E-state index is -1.47. The number of benzene rings is 1. The number of rotatable bonds is 12. The van der Waals surface area contributed by atoms with E-state index in [1.165, 1.54) is 31.2 Å². The molecule has 0 aliphatic rings. The molecular weight excluding hydrogens is 436 g/mol. The Kier molecular flexibility index (Phi) is 10.7. The van der Waals surface area contributed by atoms with Crippen LogP contribution in [0.25, 0.3) is 0 Å². The molecule has 0 aliphatic carbocycles. The predicted octanol–water partition coefficient (Wildman–Crippen LogP) is -2.17. The summed E-state index contributed by atoms with van der Waals surface area (Å²) in [5.41, 5.74) is 6.07. The molecule has 33 heavy (non-hydrogen) atoms. The van der Waals surface area contributed by atoms with Gasteiger partial charge in [-0.25, -0.2) is 4.79 Å². The minimum absolute atomic E-state index is 0.00737. The Morgan fingerprint density at radius 3 is 1.88 bits per heavy atom. The van der Waals surface area contributed by atoms with Crippen LogP contribution in [-0.4, -0.2) is 81.0 Å². The summed E-state index contributed by atoms with van der Waals surface area (Å²) in [6.45, 7) is 3.68. The van der Waals surface area contributed by atoms with Gasteiger partial charge in [0, 0.05) is 6.42 Å². The summed E-state index contributed by atoms with van der Waals surface area (Å²) in [4.78, 5) is 49.1. The number of aliphatic carboxylic acids is 1. The SMILES string of the molecule is CC(C)C(NC(=O)C(Cc1ccc(O)cc1)NC(=O)C(CO)NC(=O)C(N)C(C)O)C(=O)O. The highest BCUT2D eigenvalue weighted by molar-refractivity contribution is 5.94. The molecular formula is C21H32N4O8. The van der Waals surface area contributed by atoms with Crippen molar-refractivity contribution in [1.29, 1.82) is 0 Å². The number of aliphatic hydroxyl groups is 2. The molecule has 1 aromatic carbocycles. The van der Waals surface area contributed by atoms with Gasteiger partial charge in [0.05, 0.1) is 12.7 Å². The first-order chi connectivity index (χ1) is 15.4. The summed E-state index contributed by atoms with van der Waals surface area (Å²) in [5, 5.41) is 44.7. The Morgan fingerprint density at radius 1 is 0.909 bits per heavy atom. The third kappa shape index (κ3) is 8.67. The van der Waals surface area contributed by atoms with Gasteiger partial charge in [0.1, 0.15) is 29.9 Å². The first-order valence-corrected chi connectivity index (χ1v) is 10.3. The number of hydrogen-bond acceptors (Lipinski definition) is 8. The van der Waals surface area contributed by atoms with E-state index in [1.807, 2.05) is 0 Å². The molecule has 5 atom stereocenters. The van der Waals surface area contributed by atoms with E-state index < -0.39 is 66.5 Å². The van der Waals surface area contributed by atoms with Crippen LogP contribution in [0.1, 0.15) is 26.3 Å². The van der Waals surface area contributed by atoms with Crippen LogP contribution >= 0.6 is 0 Å². The predicted molar refractivity (Wildman–Crippen MR) is 117 cm³/mol.